The summed E-state index contributed by atoms with van der Waals surface area (Å²) in [6, 6.07) is 3.94. The molecule has 1 aliphatic carbocycles. The summed E-state index contributed by atoms with van der Waals surface area (Å²) in [5.74, 6) is 1.32. The molecular weight excluding hydrogens is 334 g/mol. The Morgan fingerprint density at radius 3 is 2.52 bits per heavy atom. The SMILES string of the molecule is CC1(C)Oc2c(ccc(O)c2CN2CCCCC2)C2=C1CCCC2.Cl. The summed E-state index contributed by atoms with van der Waals surface area (Å²) in [5, 5.41) is 10.5. The molecule has 0 spiro atoms. The van der Waals surface area contributed by atoms with Gasteiger partial charge >= 0.3 is 0 Å². The van der Waals surface area contributed by atoms with E-state index in [2.05, 4.69) is 24.8 Å². The maximum absolute atomic E-state index is 10.5. The van der Waals surface area contributed by atoms with Crippen LogP contribution in [0, 0.1) is 0 Å². The van der Waals surface area contributed by atoms with Gasteiger partial charge in [0, 0.05) is 12.1 Å². The maximum atomic E-state index is 10.5. The Morgan fingerprint density at radius 2 is 1.76 bits per heavy atom. The van der Waals surface area contributed by atoms with Crippen molar-refractivity contribution in [2.45, 2.75) is 70.9 Å². The van der Waals surface area contributed by atoms with E-state index >= 15 is 0 Å². The molecular formula is C21H30ClNO2. The highest BCUT2D eigenvalue weighted by Crippen LogP contribution is 2.50. The summed E-state index contributed by atoms with van der Waals surface area (Å²) in [7, 11) is 0. The molecule has 1 N–H and O–H groups in total. The van der Waals surface area contributed by atoms with Gasteiger partial charge in [-0.2, -0.15) is 0 Å². The van der Waals surface area contributed by atoms with Gasteiger partial charge in [-0.05, 0) is 88.7 Å². The van der Waals surface area contributed by atoms with Crippen molar-refractivity contribution in [2.24, 2.45) is 0 Å². The zero-order valence-corrected chi connectivity index (χ0v) is 16.3. The number of ether oxygens (including phenoxy) is 1. The summed E-state index contributed by atoms with van der Waals surface area (Å²) in [6.45, 7) is 7.42. The monoisotopic (exact) mass is 363 g/mol. The topological polar surface area (TPSA) is 32.7 Å². The van der Waals surface area contributed by atoms with Crippen LogP contribution in [0.4, 0.5) is 0 Å². The second-order valence-corrected chi connectivity index (χ2v) is 8.05. The van der Waals surface area contributed by atoms with Crippen molar-refractivity contribution in [3.8, 4) is 11.5 Å². The highest BCUT2D eigenvalue weighted by atomic mass is 35.5. The summed E-state index contributed by atoms with van der Waals surface area (Å²) in [5.41, 5.74) is 4.91. The predicted molar refractivity (Wildman–Crippen MR) is 105 cm³/mol. The average Bonchev–Trinajstić information content (AvgIpc) is 2.58. The van der Waals surface area contributed by atoms with Crippen molar-refractivity contribution >= 4 is 18.0 Å². The van der Waals surface area contributed by atoms with E-state index in [-0.39, 0.29) is 18.0 Å². The number of halogens is 1. The minimum Gasteiger partial charge on any atom is -0.507 e. The van der Waals surface area contributed by atoms with Gasteiger partial charge in [0.1, 0.15) is 17.1 Å². The number of benzene rings is 1. The van der Waals surface area contributed by atoms with E-state index in [4.69, 9.17) is 4.74 Å². The van der Waals surface area contributed by atoms with Gasteiger partial charge in [0.2, 0.25) is 0 Å². The van der Waals surface area contributed by atoms with E-state index in [0.29, 0.717) is 5.75 Å². The molecule has 0 bridgehead atoms. The van der Waals surface area contributed by atoms with Crippen LogP contribution in [-0.4, -0.2) is 28.7 Å². The number of hydrogen-bond acceptors (Lipinski definition) is 3. The van der Waals surface area contributed by atoms with Crippen LogP contribution in [0.15, 0.2) is 17.7 Å². The molecule has 25 heavy (non-hydrogen) atoms. The zero-order valence-electron chi connectivity index (χ0n) is 15.4. The Kier molecular flexibility index (Phi) is 5.36. The van der Waals surface area contributed by atoms with Crippen LogP contribution in [0.2, 0.25) is 0 Å². The molecule has 138 valence electrons. The van der Waals surface area contributed by atoms with Crippen LogP contribution in [-0.2, 0) is 6.54 Å². The molecule has 1 saturated heterocycles. The fourth-order valence-electron chi connectivity index (χ4n) is 4.65. The van der Waals surface area contributed by atoms with Crippen LogP contribution in [0.25, 0.3) is 5.57 Å². The molecule has 3 aliphatic rings. The molecule has 0 unspecified atom stereocenters. The van der Waals surface area contributed by atoms with E-state index in [1.54, 1.807) is 0 Å². The van der Waals surface area contributed by atoms with Gasteiger partial charge < -0.3 is 9.84 Å². The standard InChI is InChI=1S/C21H29NO2.ClH/c1-21(2)18-9-5-4-8-15(18)16-10-11-19(23)17(20(16)24-21)14-22-12-6-3-7-13-22;/h10-11,23H,3-9,12-14H2,1-2H3;1H. The van der Waals surface area contributed by atoms with Crippen molar-refractivity contribution in [2.75, 3.05) is 13.1 Å². The Labute approximate surface area is 157 Å². The molecule has 2 heterocycles. The van der Waals surface area contributed by atoms with Crippen LogP contribution in [0.3, 0.4) is 0 Å². The lowest BCUT2D eigenvalue weighted by Crippen LogP contribution is -2.37. The second-order valence-electron chi connectivity index (χ2n) is 8.05. The van der Waals surface area contributed by atoms with Crippen LogP contribution in [0.5, 0.6) is 11.5 Å². The van der Waals surface area contributed by atoms with Gasteiger partial charge in [-0.3, -0.25) is 4.90 Å². The van der Waals surface area contributed by atoms with Gasteiger partial charge in [-0.1, -0.05) is 6.42 Å². The molecule has 0 amide bonds. The molecule has 0 atom stereocenters. The summed E-state index contributed by atoms with van der Waals surface area (Å²) >= 11 is 0. The fraction of sp³-hybridized carbons (Fsp3) is 0.619. The highest BCUT2D eigenvalue weighted by Gasteiger charge is 2.37. The summed E-state index contributed by atoms with van der Waals surface area (Å²) in [6.07, 6.45) is 8.66. The van der Waals surface area contributed by atoms with Crippen LogP contribution in [0.1, 0.15) is 69.9 Å². The smallest absolute Gasteiger partial charge is 0.136 e. The van der Waals surface area contributed by atoms with Crippen molar-refractivity contribution in [1.82, 2.24) is 4.90 Å². The third kappa shape index (κ3) is 3.41. The maximum Gasteiger partial charge on any atom is 0.136 e. The van der Waals surface area contributed by atoms with E-state index in [1.807, 2.05) is 6.07 Å². The van der Waals surface area contributed by atoms with Crippen LogP contribution >= 0.6 is 12.4 Å². The minimum absolute atomic E-state index is 0. The number of phenols is 1. The van der Waals surface area contributed by atoms with E-state index in [0.717, 1.165) is 43.8 Å². The average molecular weight is 364 g/mol. The number of fused-ring (bicyclic) bond motifs is 2. The number of hydrogen-bond donors (Lipinski definition) is 1. The van der Waals surface area contributed by atoms with E-state index in [1.165, 1.54) is 48.8 Å². The number of likely N-dealkylation sites (tertiary alicyclic amines) is 1. The molecule has 0 saturated carbocycles. The fourth-order valence-corrected chi connectivity index (χ4v) is 4.65. The molecule has 4 rings (SSSR count). The number of piperidine rings is 1. The molecule has 1 fully saturated rings. The zero-order chi connectivity index (χ0) is 16.7. The van der Waals surface area contributed by atoms with Gasteiger partial charge in [-0.15, -0.1) is 12.4 Å². The number of phenolic OH excluding ortho intramolecular Hbond substituents is 1. The van der Waals surface area contributed by atoms with Gasteiger partial charge in [-0.25, -0.2) is 0 Å². The van der Waals surface area contributed by atoms with E-state index in [9.17, 15) is 5.11 Å². The summed E-state index contributed by atoms with van der Waals surface area (Å²) < 4.78 is 6.50. The Morgan fingerprint density at radius 1 is 1.04 bits per heavy atom. The predicted octanol–water partition coefficient (Wildman–Crippen LogP) is 5.30. The first-order chi connectivity index (χ1) is 11.6. The quantitative estimate of drug-likeness (QED) is 0.774. The Hall–Kier alpha value is -1.19. The normalized spacial score (nSPS) is 22.5. The first-order valence-corrected chi connectivity index (χ1v) is 9.55. The second kappa shape index (κ2) is 7.20. The van der Waals surface area contributed by atoms with Crippen molar-refractivity contribution in [3.05, 3.63) is 28.8 Å². The number of aromatic hydroxyl groups is 1. The molecule has 3 nitrogen and oxygen atoms in total. The van der Waals surface area contributed by atoms with Gasteiger partial charge in [0.25, 0.3) is 0 Å². The third-order valence-electron chi connectivity index (χ3n) is 5.94. The van der Waals surface area contributed by atoms with Crippen molar-refractivity contribution < 1.29 is 9.84 Å². The molecule has 4 heteroatoms. The molecule has 0 radical (unpaired) electrons. The minimum atomic E-state index is -0.257. The number of nitrogens with zero attached hydrogens (tertiary/aromatic N) is 1. The highest BCUT2D eigenvalue weighted by molar-refractivity contribution is 5.85. The van der Waals surface area contributed by atoms with Gasteiger partial charge in [0.15, 0.2) is 0 Å². The number of rotatable bonds is 2. The van der Waals surface area contributed by atoms with Crippen molar-refractivity contribution in [1.29, 1.82) is 0 Å². The summed E-state index contributed by atoms with van der Waals surface area (Å²) in [4.78, 5) is 2.46. The molecule has 0 aromatic heterocycles. The number of allylic oxidation sites excluding steroid dienone is 1. The first kappa shape index (κ1) is 18.6. The lowest BCUT2D eigenvalue weighted by molar-refractivity contribution is 0.131. The van der Waals surface area contributed by atoms with E-state index < -0.39 is 0 Å². The molecule has 1 aromatic rings. The first-order valence-electron chi connectivity index (χ1n) is 9.55. The molecule has 2 aliphatic heterocycles. The third-order valence-corrected chi connectivity index (χ3v) is 5.94. The molecule has 1 aromatic carbocycles. The Bertz CT molecular complexity index is 675. The lowest BCUT2D eigenvalue weighted by Gasteiger charge is -2.40. The van der Waals surface area contributed by atoms with Crippen LogP contribution < -0.4 is 4.74 Å². The van der Waals surface area contributed by atoms with Crippen molar-refractivity contribution in [3.63, 3.8) is 0 Å². The van der Waals surface area contributed by atoms with Gasteiger partial charge in [0.05, 0.1) is 5.56 Å². The lowest BCUT2D eigenvalue weighted by atomic mass is 9.77. The largest absolute Gasteiger partial charge is 0.507 e. The Balaban J connectivity index is 0.00000182.